The van der Waals surface area contributed by atoms with Gasteiger partial charge < -0.3 is 4.74 Å². The summed E-state index contributed by atoms with van der Waals surface area (Å²) in [4.78, 5) is 0. The van der Waals surface area contributed by atoms with Gasteiger partial charge in [-0.1, -0.05) is 5.21 Å². The van der Waals surface area contributed by atoms with E-state index in [-0.39, 0.29) is 21.8 Å². The zero-order valence-corrected chi connectivity index (χ0v) is 12.5. The van der Waals surface area contributed by atoms with Crippen LogP contribution in [0.5, 0.6) is 0 Å². The molecule has 7 nitrogen and oxygen atoms in total. The molecule has 102 valence electrons. The predicted octanol–water partition coefficient (Wildman–Crippen LogP) is 0.423. The Morgan fingerprint density at radius 1 is 1.56 bits per heavy atom. The average molecular weight is 339 g/mol. The standard InChI is InChI=1S/C9H15BrN4O3S/c1-3-17-7-4-6(5-7)12-18(15,16)9-8(10)11-13-14(9)2/h6-7,12H,3-5H2,1-2H3. The van der Waals surface area contributed by atoms with Gasteiger partial charge in [-0.2, -0.15) is 0 Å². The molecule has 9 heteroatoms. The quantitative estimate of drug-likeness (QED) is 0.840. The van der Waals surface area contributed by atoms with Crippen molar-refractivity contribution < 1.29 is 13.2 Å². The maximum absolute atomic E-state index is 12.1. The molecule has 1 heterocycles. The topological polar surface area (TPSA) is 86.1 Å². The van der Waals surface area contributed by atoms with Crippen LogP contribution in [-0.2, 0) is 21.8 Å². The molecule has 2 rings (SSSR count). The van der Waals surface area contributed by atoms with E-state index in [1.807, 2.05) is 6.92 Å². The van der Waals surface area contributed by atoms with Crippen LogP contribution in [0, 0.1) is 0 Å². The molecule has 0 radical (unpaired) electrons. The summed E-state index contributed by atoms with van der Waals surface area (Å²) in [6.07, 6.45) is 1.57. The smallest absolute Gasteiger partial charge is 0.260 e. The summed E-state index contributed by atoms with van der Waals surface area (Å²) in [5.41, 5.74) is 0. The van der Waals surface area contributed by atoms with E-state index in [0.29, 0.717) is 19.4 Å². The Hall–Kier alpha value is -0.510. The van der Waals surface area contributed by atoms with Crippen LogP contribution in [0.25, 0.3) is 0 Å². The maximum Gasteiger partial charge on any atom is 0.260 e. The number of aryl methyl sites for hydroxylation is 1. The largest absolute Gasteiger partial charge is 0.378 e. The molecule has 0 saturated heterocycles. The Kier molecular flexibility index (Phi) is 4.05. The van der Waals surface area contributed by atoms with Gasteiger partial charge in [-0.3, -0.25) is 0 Å². The fraction of sp³-hybridized carbons (Fsp3) is 0.778. The van der Waals surface area contributed by atoms with Crippen molar-refractivity contribution in [3.63, 3.8) is 0 Å². The van der Waals surface area contributed by atoms with E-state index < -0.39 is 10.0 Å². The molecule has 0 amide bonds. The molecule has 1 aromatic heterocycles. The minimum absolute atomic E-state index is 0.0439. The molecule has 18 heavy (non-hydrogen) atoms. The van der Waals surface area contributed by atoms with Crippen LogP contribution in [-0.4, -0.2) is 42.2 Å². The summed E-state index contributed by atoms with van der Waals surface area (Å²) in [5.74, 6) is 0. The van der Waals surface area contributed by atoms with Crippen LogP contribution in [0.4, 0.5) is 0 Å². The lowest BCUT2D eigenvalue weighted by molar-refractivity contribution is -0.00478. The van der Waals surface area contributed by atoms with Crippen molar-refractivity contribution >= 4 is 26.0 Å². The van der Waals surface area contributed by atoms with E-state index in [2.05, 4.69) is 31.0 Å². The third-order valence-corrected chi connectivity index (χ3v) is 5.22. The molecule has 0 atom stereocenters. The van der Waals surface area contributed by atoms with E-state index in [0.717, 1.165) is 0 Å². The highest BCUT2D eigenvalue weighted by atomic mass is 79.9. The molecule has 1 aromatic rings. The number of halogens is 1. The second-order valence-electron chi connectivity index (χ2n) is 4.18. The van der Waals surface area contributed by atoms with Gasteiger partial charge in [-0.25, -0.2) is 17.8 Å². The Labute approximate surface area is 114 Å². The van der Waals surface area contributed by atoms with Gasteiger partial charge in [-0.15, -0.1) is 5.10 Å². The summed E-state index contributed by atoms with van der Waals surface area (Å²) in [6, 6.07) is -0.0756. The molecule has 0 aliphatic heterocycles. The van der Waals surface area contributed by atoms with Gasteiger partial charge in [0.05, 0.1) is 6.10 Å². The van der Waals surface area contributed by atoms with Gasteiger partial charge in [-0.05, 0) is 35.7 Å². The number of hydrogen-bond acceptors (Lipinski definition) is 5. The van der Waals surface area contributed by atoms with Crippen molar-refractivity contribution in [2.75, 3.05) is 6.61 Å². The van der Waals surface area contributed by atoms with Crippen LogP contribution in [0.15, 0.2) is 9.63 Å². The van der Waals surface area contributed by atoms with Gasteiger partial charge >= 0.3 is 0 Å². The van der Waals surface area contributed by atoms with Crippen molar-refractivity contribution in [3.8, 4) is 0 Å². The highest BCUT2D eigenvalue weighted by molar-refractivity contribution is 9.10. The van der Waals surface area contributed by atoms with E-state index >= 15 is 0 Å². The highest BCUT2D eigenvalue weighted by Crippen LogP contribution is 2.26. The number of aromatic nitrogens is 3. The second kappa shape index (κ2) is 5.24. The third-order valence-electron chi connectivity index (χ3n) is 2.81. The van der Waals surface area contributed by atoms with Gasteiger partial charge in [0.25, 0.3) is 10.0 Å². The van der Waals surface area contributed by atoms with E-state index in [1.54, 1.807) is 0 Å². The van der Waals surface area contributed by atoms with E-state index in [1.165, 1.54) is 11.7 Å². The Morgan fingerprint density at radius 2 is 2.22 bits per heavy atom. The monoisotopic (exact) mass is 338 g/mol. The zero-order valence-electron chi connectivity index (χ0n) is 10.1. The number of hydrogen-bond donors (Lipinski definition) is 1. The normalized spacial score (nSPS) is 23.9. The fourth-order valence-corrected chi connectivity index (χ4v) is 4.27. The lowest BCUT2D eigenvalue weighted by Crippen LogP contribution is -2.48. The SMILES string of the molecule is CCOC1CC(NS(=O)(=O)c2c(Br)nnn2C)C1. The first-order valence-electron chi connectivity index (χ1n) is 5.63. The number of ether oxygens (including phenoxy) is 1. The molecule has 1 fully saturated rings. The first-order valence-corrected chi connectivity index (χ1v) is 7.90. The summed E-state index contributed by atoms with van der Waals surface area (Å²) in [7, 11) is -2.05. The summed E-state index contributed by atoms with van der Waals surface area (Å²) >= 11 is 3.08. The zero-order chi connectivity index (χ0) is 13.3. The highest BCUT2D eigenvalue weighted by Gasteiger charge is 2.35. The Balaban J connectivity index is 2.02. The lowest BCUT2D eigenvalue weighted by Gasteiger charge is -2.34. The third kappa shape index (κ3) is 2.73. The molecule has 1 aliphatic rings. The first kappa shape index (κ1) is 13.9. The predicted molar refractivity (Wildman–Crippen MR) is 67.5 cm³/mol. The Morgan fingerprint density at radius 3 is 2.72 bits per heavy atom. The van der Waals surface area contributed by atoms with Crippen molar-refractivity contribution in [2.45, 2.75) is 36.9 Å². The molecule has 1 saturated carbocycles. The molecule has 1 aliphatic carbocycles. The van der Waals surface area contributed by atoms with Crippen molar-refractivity contribution in [2.24, 2.45) is 7.05 Å². The average Bonchev–Trinajstić information content (AvgIpc) is 2.56. The molecule has 0 unspecified atom stereocenters. The van der Waals surface area contributed by atoms with Crippen LogP contribution in [0.2, 0.25) is 0 Å². The number of sulfonamides is 1. The van der Waals surface area contributed by atoms with E-state index in [4.69, 9.17) is 4.74 Å². The Bertz CT molecular complexity index is 504. The summed E-state index contributed by atoms with van der Waals surface area (Å²) < 4.78 is 33.7. The molecule has 1 N–H and O–H groups in total. The minimum Gasteiger partial charge on any atom is -0.378 e. The van der Waals surface area contributed by atoms with Gasteiger partial charge in [0, 0.05) is 19.7 Å². The number of nitrogens with zero attached hydrogens (tertiary/aromatic N) is 3. The van der Waals surface area contributed by atoms with Crippen LogP contribution in [0.3, 0.4) is 0 Å². The van der Waals surface area contributed by atoms with Crippen molar-refractivity contribution in [1.82, 2.24) is 19.7 Å². The van der Waals surface area contributed by atoms with Crippen LogP contribution in [0.1, 0.15) is 19.8 Å². The van der Waals surface area contributed by atoms with Gasteiger partial charge in [0.2, 0.25) is 5.03 Å². The number of nitrogens with one attached hydrogen (secondary N) is 1. The van der Waals surface area contributed by atoms with Crippen LogP contribution < -0.4 is 4.72 Å². The first-order chi connectivity index (χ1) is 8.44. The van der Waals surface area contributed by atoms with Crippen molar-refractivity contribution in [1.29, 1.82) is 0 Å². The number of rotatable bonds is 5. The molecule has 0 aromatic carbocycles. The van der Waals surface area contributed by atoms with Gasteiger partial charge in [0.15, 0.2) is 4.60 Å². The molecule has 0 bridgehead atoms. The summed E-state index contributed by atoms with van der Waals surface area (Å²) in [6.45, 7) is 2.58. The lowest BCUT2D eigenvalue weighted by atomic mass is 9.90. The second-order valence-corrected chi connectivity index (χ2v) is 6.56. The van der Waals surface area contributed by atoms with Crippen LogP contribution >= 0.6 is 15.9 Å². The molecule has 0 spiro atoms. The fourth-order valence-electron chi connectivity index (χ4n) is 1.92. The molecular weight excluding hydrogens is 324 g/mol. The minimum atomic E-state index is -3.59. The summed E-state index contributed by atoms with van der Waals surface area (Å²) in [5, 5.41) is 7.36. The van der Waals surface area contributed by atoms with Crippen molar-refractivity contribution in [3.05, 3.63) is 4.60 Å². The van der Waals surface area contributed by atoms with Gasteiger partial charge in [0.1, 0.15) is 0 Å². The molecular formula is C9H15BrN4O3S. The van der Waals surface area contributed by atoms with E-state index in [9.17, 15) is 8.42 Å². The maximum atomic E-state index is 12.1.